The summed E-state index contributed by atoms with van der Waals surface area (Å²) in [5.41, 5.74) is 0.793. The lowest BCUT2D eigenvalue weighted by atomic mass is 9.96. The lowest BCUT2D eigenvalue weighted by Crippen LogP contribution is -2.24. The molecular weight excluding hydrogens is 196 g/mol. The van der Waals surface area contributed by atoms with Gasteiger partial charge in [0.15, 0.2) is 0 Å². The molecule has 0 radical (unpaired) electrons. The molecule has 0 aromatic carbocycles. The minimum atomic E-state index is -0.456. The van der Waals surface area contributed by atoms with Gasteiger partial charge in [0.05, 0.1) is 18.5 Å². The van der Waals surface area contributed by atoms with Gasteiger partial charge >= 0.3 is 11.9 Å². The number of aromatic nitrogens is 2. The first-order valence-corrected chi connectivity index (χ1v) is 4.96. The Bertz CT molecular complexity index is 381. The van der Waals surface area contributed by atoms with Gasteiger partial charge in [0.25, 0.3) is 0 Å². The maximum atomic E-state index is 11.1. The predicted molar refractivity (Wildman–Crippen MR) is 51.0 cm³/mol. The first kappa shape index (κ1) is 9.89. The van der Waals surface area contributed by atoms with Crippen molar-refractivity contribution in [1.82, 2.24) is 9.78 Å². The van der Waals surface area contributed by atoms with Crippen molar-refractivity contribution in [3.63, 3.8) is 0 Å². The molecule has 0 N–H and O–H groups in total. The number of esters is 2. The Morgan fingerprint density at radius 2 is 2.13 bits per heavy atom. The predicted octanol–water partition coefficient (Wildman–Crippen LogP) is 0.850. The van der Waals surface area contributed by atoms with Gasteiger partial charge in [-0.1, -0.05) is 0 Å². The van der Waals surface area contributed by atoms with Crippen molar-refractivity contribution >= 4 is 11.9 Å². The van der Waals surface area contributed by atoms with E-state index in [0.717, 1.165) is 12.2 Å². The number of nitrogens with zero attached hydrogens (tertiary/aromatic N) is 2. The first-order valence-electron chi connectivity index (χ1n) is 4.96. The summed E-state index contributed by atoms with van der Waals surface area (Å²) in [5, 5.41) is 4.28. The molecule has 0 amide bonds. The summed E-state index contributed by atoms with van der Waals surface area (Å²) in [6, 6.07) is 1.85. The molecule has 0 aliphatic carbocycles. The van der Waals surface area contributed by atoms with Crippen LogP contribution < -0.4 is 0 Å². The van der Waals surface area contributed by atoms with Crippen molar-refractivity contribution < 1.29 is 14.3 Å². The highest BCUT2D eigenvalue weighted by atomic mass is 16.6. The molecule has 0 atom stereocenters. The number of carbonyl (C=O) groups excluding carboxylic acids is 2. The molecule has 15 heavy (non-hydrogen) atoms. The van der Waals surface area contributed by atoms with E-state index >= 15 is 0 Å². The molecule has 1 fully saturated rings. The Morgan fingerprint density at radius 3 is 2.67 bits per heavy atom. The number of ether oxygens (including phenoxy) is 1. The van der Waals surface area contributed by atoms with E-state index in [1.54, 1.807) is 4.68 Å². The van der Waals surface area contributed by atoms with E-state index in [1.807, 2.05) is 19.2 Å². The van der Waals surface area contributed by atoms with Crippen molar-refractivity contribution in [2.75, 3.05) is 0 Å². The maximum absolute atomic E-state index is 11.1. The second-order valence-corrected chi connectivity index (χ2v) is 3.55. The minimum absolute atomic E-state index is 0.119. The van der Waals surface area contributed by atoms with Crippen LogP contribution in [0.2, 0.25) is 0 Å². The van der Waals surface area contributed by atoms with Gasteiger partial charge in [-0.15, -0.1) is 0 Å². The molecule has 0 unspecified atom stereocenters. The van der Waals surface area contributed by atoms with Crippen LogP contribution >= 0.6 is 0 Å². The zero-order valence-corrected chi connectivity index (χ0v) is 8.47. The molecular formula is C10H12N2O3. The van der Waals surface area contributed by atoms with E-state index in [4.69, 9.17) is 0 Å². The normalized spacial score (nSPS) is 17.9. The minimum Gasteiger partial charge on any atom is -0.393 e. The standard InChI is InChI=1S/C10H12N2O3/c1-2-12-4-3-8(11-12)7-5-9(13)15-10(14)6-7/h3-4,7H,2,5-6H2,1H3. The zero-order valence-electron chi connectivity index (χ0n) is 8.47. The SMILES string of the molecule is CCn1ccc(C2CC(=O)OC(=O)C2)n1. The van der Waals surface area contributed by atoms with E-state index in [1.165, 1.54) is 0 Å². The lowest BCUT2D eigenvalue weighted by Gasteiger charge is -2.17. The maximum Gasteiger partial charge on any atom is 0.314 e. The second kappa shape index (κ2) is 3.84. The van der Waals surface area contributed by atoms with Gasteiger partial charge in [-0.05, 0) is 13.0 Å². The molecule has 5 heteroatoms. The summed E-state index contributed by atoms with van der Waals surface area (Å²) >= 11 is 0. The fourth-order valence-corrected chi connectivity index (χ4v) is 1.67. The van der Waals surface area contributed by atoms with Crippen LogP contribution in [0.5, 0.6) is 0 Å². The number of rotatable bonds is 2. The molecule has 1 saturated heterocycles. The van der Waals surface area contributed by atoms with Crippen LogP contribution in [0.25, 0.3) is 0 Å². The molecule has 0 bridgehead atoms. The van der Waals surface area contributed by atoms with E-state index in [9.17, 15) is 9.59 Å². The van der Waals surface area contributed by atoms with Crippen LogP contribution in [-0.4, -0.2) is 21.7 Å². The summed E-state index contributed by atoms with van der Waals surface area (Å²) in [5.74, 6) is -1.03. The fourth-order valence-electron chi connectivity index (χ4n) is 1.67. The third-order valence-corrected chi connectivity index (χ3v) is 2.46. The smallest absolute Gasteiger partial charge is 0.314 e. The largest absolute Gasteiger partial charge is 0.393 e. The summed E-state index contributed by atoms with van der Waals surface area (Å²) in [6.07, 6.45) is 2.33. The van der Waals surface area contributed by atoms with E-state index in [2.05, 4.69) is 9.84 Å². The van der Waals surface area contributed by atoms with Gasteiger partial charge in [0.1, 0.15) is 0 Å². The van der Waals surface area contributed by atoms with Crippen molar-refractivity contribution in [2.24, 2.45) is 0 Å². The average molecular weight is 208 g/mol. The third kappa shape index (κ3) is 2.06. The summed E-state index contributed by atoms with van der Waals surface area (Å²) in [7, 11) is 0. The van der Waals surface area contributed by atoms with Crippen molar-refractivity contribution in [3.8, 4) is 0 Å². The highest BCUT2D eigenvalue weighted by Crippen LogP contribution is 2.26. The van der Waals surface area contributed by atoms with Gasteiger partial charge in [-0.3, -0.25) is 14.3 Å². The third-order valence-electron chi connectivity index (χ3n) is 2.46. The Kier molecular flexibility index (Phi) is 2.53. The highest BCUT2D eigenvalue weighted by molar-refractivity contribution is 5.89. The summed E-state index contributed by atoms with van der Waals surface area (Å²) in [6.45, 7) is 2.77. The fraction of sp³-hybridized carbons (Fsp3) is 0.500. The van der Waals surface area contributed by atoms with Gasteiger partial charge in [-0.2, -0.15) is 5.10 Å². The molecule has 1 aliphatic heterocycles. The molecule has 2 rings (SSSR count). The first-order chi connectivity index (χ1) is 7.19. The van der Waals surface area contributed by atoms with Crippen LogP contribution in [0.15, 0.2) is 12.3 Å². The molecule has 1 aromatic heterocycles. The van der Waals surface area contributed by atoms with E-state index < -0.39 is 11.9 Å². The van der Waals surface area contributed by atoms with Crippen molar-refractivity contribution in [3.05, 3.63) is 18.0 Å². The average Bonchev–Trinajstić information content (AvgIpc) is 2.64. The van der Waals surface area contributed by atoms with Gasteiger partial charge in [0.2, 0.25) is 0 Å². The molecule has 1 aliphatic rings. The Morgan fingerprint density at radius 1 is 1.47 bits per heavy atom. The Balaban J connectivity index is 2.15. The van der Waals surface area contributed by atoms with Crippen LogP contribution in [0.4, 0.5) is 0 Å². The summed E-state index contributed by atoms with van der Waals surface area (Å²) in [4.78, 5) is 22.1. The molecule has 5 nitrogen and oxygen atoms in total. The summed E-state index contributed by atoms with van der Waals surface area (Å²) < 4.78 is 6.24. The number of hydrogen-bond acceptors (Lipinski definition) is 4. The van der Waals surface area contributed by atoms with Crippen molar-refractivity contribution in [2.45, 2.75) is 32.2 Å². The monoisotopic (exact) mass is 208 g/mol. The second-order valence-electron chi connectivity index (χ2n) is 3.55. The molecule has 2 heterocycles. The van der Waals surface area contributed by atoms with E-state index in [-0.39, 0.29) is 18.8 Å². The number of hydrogen-bond donors (Lipinski definition) is 0. The number of cyclic esters (lactones) is 2. The number of carbonyl (C=O) groups is 2. The van der Waals surface area contributed by atoms with Gasteiger partial charge in [0, 0.05) is 18.7 Å². The van der Waals surface area contributed by atoms with Crippen LogP contribution in [0, 0.1) is 0 Å². The van der Waals surface area contributed by atoms with Crippen LogP contribution in [-0.2, 0) is 20.9 Å². The molecule has 80 valence electrons. The molecule has 1 aromatic rings. The zero-order chi connectivity index (χ0) is 10.8. The van der Waals surface area contributed by atoms with Crippen molar-refractivity contribution in [1.29, 1.82) is 0 Å². The molecule has 0 spiro atoms. The van der Waals surface area contributed by atoms with Gasteiger partial charge in [-0.25, -0.2) is 0 Å². The van der Waals surface area contributed by atoms with Crippen LogP contribution in [0.3, 0.4) is 0 Å². The quantitative estimate of drug-likeness (QED) is 0.534. The highest BCUT2D eigenvalue weighted by Gasteiger charge is 2.29. The lowest BCUT2D eigenvalue weighted by molar-refractivity contribution is -0.164. The Hall–Kier alpha value is -1.65. The van der Waals surface area contributed by atoms with E-state index in [0.29, 0.717) is 0 Å². The van der Waals surface area contributed by atoms with Gasteiger partial charge < -0.3 is 4.74 Å². The topological polar surface area (TPSA) is 61.2 Å². The Labute approximate surface area is 87.0 Å². The van der Waals surface area contributed by atoms with Crippen LogP contribution in [0.1, 0.15) is 31.4 Å². The number of aryl methyl sites for hydroxylation is 1. The molecule has 0 saturated carbocycles.